The third kappa shape index (κ3) is 27.0. The summed E-state index contributed by atoms with van der Waals surface area (Å²) in [7, 11) is -6.47. The molecule has 60 heavy (non-hydrogen) atoms. The zero-order chi connectivity index (χ0) is 47.0. The fourth-order valence-corrected chi connectivity index (χ4v) is 8.52. The number of ketones is 2. The Morgan fingerprint density at radius 1 is 0.600 bits per heavy atom. The van der Waals surface area contributed by atoms with Crippen LogP contribution in [-0.2, 0) is 33.6 Å². The van der Waals surface area contributed by atoms with Crippen molar-refractivity contribution in [2.24, 2.45) is 47.0 Å². The van der Waals surface area contributed by atoms with Gasteiger partial charge in [0.1, 0.15) is 0 Å². The van der Waals surface area contributed by atoms with Crippen LogP contribution in [0.5, 0.6) is 0 Å². The fraction of sp³-hybridized carbons (Fsp3) is 0.857. The van der Waals surface area contributed by atoms with E-state index in [0.29, 0.717) is 57.0 Å². The summed E-state index contributed by atoms with van der Waals surface area (Å²) in [5.74, 6) is -0.112. The van der Waals surface area contributed by atoms with E-state index in [1.54, 1.807) is 27.7 Å². The van der Waals surface area contributed by atoms with Gasteiger partial charge in [-0.1, -0.05) is 69.2 Å². The maximum absolute atomic E-state index is 12.9. The van der Waals surface area contributed by atoms with Gasteiger partial charge in [0.15, 0.2) is 21.4 Å². The van der Waals surface area contributed by atoms with Crippen LogP contribution in [0.1, 0.15) is 147 Å². The standard InChI is InChI=1S/C21H42N3O5P.C21H41N3O5S/c2*1-14(2)13-17(15(3)4)20(26)24-18(9-7-11-23-21(22)27)19(25)10-8-12-30(28,29)16(5)6/h14-18H,7-13H2,1-6H3,(H,24,26)(H,28,29)(H3,22,23,27);14-18H,7-13H2,1-6H3,(H,24,26)(H3,22,23,27)/t2*17-,18-/m00/s1. The molecule has 0 heterocycles. The molecule has 0 spiro atoms. The van der Waals surface area contributed by atoms with Crippen molar-refractivity contribution < 1.29 is 46.6 Å². The minimum Gasteiger partial charge on any atom is -0.352 e. The largest absolute Gasteiger partial charge is 0.352 e. The first-order valence-electron chi connectivity index (χ1n) is 21.8. The molecule has 0 fully saturated rings. The molecule has 9 N–H and O–H groups in total. The van der Waals surface area contributed by atoms with Gasteiger partial charge < -0.3 is 37.6 Å². The van der Waals surface area contributed by atoms with Gasteiger partial charge in [-0.2, -0.15) is 0 Å². The molecule has 0 aliphatic rings. The predicted molar refractivity (Wildman–Crippen MR) is 240 cm³/mol. The van der Waals surface area contributed by atoms with E-state index in [0.717, 1.165) is 12.8 Å². The number of hydrogen-bond acceptors (Lipinski definition) is 9. The van der Waals surface area contributed by atoms with E-state index in [-0.39, 0.29) is 83.9 Å². The summed E-state index contributed by atoms with van der Waals surface area (Å²) < 4.78 is 36.0. The molecule has 0 radical (unpaired) electrons. The number of carbonyl (C=O) groups excluding carboxylic acids is 6. The van der Waals surface area contributed by atoms with Crippen molar-refractivity contribution in [3.05, 3.63) is 0 Å². The van der Waals surface area contributed by atoms with Gasteiger partial charge in [0.2, 0.25) is 19.2 Å². The van der Waals surface area contributed by atoms with Gasteiger partial charge in [-0.15, -0.1) is 0 Å². The summed E-state index contributed by atoms with van der Waals surface area (Å²) in [5.41, 5.74) is 9.78. The topological polar surface area (TPSA) is 274 Å². The molecule has 5 atom stereocenters. The normalized spacial score (nSPS) is 14.8. The van der Waals surface area contributed by atoms with Gasteiger partial charge in [0.25, 0.3) is 0 Å². The smallest absolute Gasteiger partial charge is 0.312 e. The Kier molecular flexibility index (Phi) is 29.6. The minimum absolute atomic E-state index is 0.0533. The summed E-state index contributed by atoms with van der Waals surface area (Å²) in [6.07, 6.45) is 3.96. The summed E-state index contributed by atoms with van der Waals surface area (Å²) in [4.78, 5) is 82.9. The van der Waals surface area contributed by atoms with Crippen molar-refractivity contribution in [1.29, 1.82) is 0 Å². The molecule has 0 aliphatic heterocycles. The lowest BCUT2D eigenvalue weighted by Gasteiger charge is -2.25. The molecular weight excluding hydrogens is 812 g/mol. The molecule has 0 aromatic rings. The summed E-state index contributed by atoms with van der Waals surface area (Å²) in [6, 6.07) is -2.66. The van der Waals surface area contributed by atoms with Crippen LogP contribution in [0.25, 0.3) is 0 Å². The number of carbonyl (C=O) groups is 6. The second-order valence-corrected chi connectivity index (χ2v) is 23.7. The van der Waals surface area contributed by atoms with Gasteiger partial charge in [-0.25, -0.2) is 18.0 Å². The van der Waals surface area contributed by atoms with Gasteiger partial charge in [-0.05, 0) is 88.9 Å². The number of urea groups is 2. The molecule has 0 rings (SSSR count). The van der Waals surface area contributed by atoms with Crippen molar-refractivity contribution in [1.82, 2.24) is 21.3 Å². The highest BCUT2D eigenvalue weighted by molar-refractivity contribution is 7.91. The Morgan fingerprint density at radius 3 is 1.27 bits per heavy atom. The van der Waals surface area contributed by atoms with Crippen LogP contribution < -0.4 is 32.7 Å². The highest BCUT2D eigenvalue weighted by atomic mass is 32.2. The predicted octanol–water partition coefficient (Wildman–Crippen LogP) is 5.68. The van der Waals surface area contributed by atoms with Crippen LogP contribution in [0.15, 0.2) is 0 Å². The molecule has 0 saturated carbocycles. The zero-order valence-electron chi connectivity index (χ0n) is 38.8. The molecule has 18 heteroatoms. The minimum atomic E-state index is -3.26. The van der Waals surface area contributed by atoms with Gasteiger partial charge in [0, 0.05) is 49.6 Å². The molecule has 16 nitrogen and oxygen atoms in total. The van der Waals surface area contributed by atoms with Crippen LogP contribution in [0, 0.1) is 35.5 Å². The average molecular weight is 895 g/mol. The van der Waals surface area contributed by atoms with Crippen molar-refractivity contribution in [3.63, 3.8) is 0 Å². The maximum Gasteiger partial charge on any atom is 0.312 e. The van der Waals surface area contributed by atoms with Crippen LogP contribution in [0.4, 0.5) is 9.59 Å². The highest BCUT2D eigenvalue weighted by Crippen LogP contribution is 2.46. The highest BCUT2D eigenvalue weighted by Gasteiger charge is 2.30. The number of rotatable bonds is 30. The number of nitrogens with two attached hydrogens (primary N) is 2. The Morgan fingerprint density at radius 2 is 0.967 bits per heavy atom. The lowest BCUT2D eigenvalue weighted by atomic mass is 9.86. The Balaban J connectivity index is 0. The number of amides is 6. The third-order valence-corrected chi connectivity index (χ3v) is 15.2. The molecule has 0 aromatic carbocycles. The summed E-state index contributed by atoms with van der Waals surface area (Å²) >= 11 is 0. The Labute approximate surface area is 361 Å². The van der Waals surface area contributed by atoms with E-state index in [1.165, 1.54) is 0 Å². The molecule has 0 aliphatic carbocycles. The monoisotopic (exact) mass is 895 g/mol. The van der Waals surface area contributed by atoms with Crippen LogP contribution in [0.2, 0.25) is 0 Å². The van der Waals surface area contributed by atoms with Crippen LogP contribution in [-0.4, -0.2) is 96.8 Å². The third-order valence-electron chi connectivity index (χ3n) is 10.4. The maximum atomic E-state index is 12.9. The molecular formula is C42H83N6O10PS. The molecule has 352 valence electrons. The Hall–Kier alpha value is -3.04. The second kappa shape index (κ2) is 30.1. The van der Waals surface area contributed by atoms with Crippen molar-refractivity contribution >= 4 is 52.6 Å². The first-order chi connectivity index (χ1) is 27.5. The Bertz CT molecular complexity index is 1490. The fourth-order valence-electron chi connectivity index (χ4n) is 6.37. The number of hydrogen-bond donors (Lipinski definition) is 7. The van der Waals surface area contributed by atoms with E-state index in [2.05, 4.69) is 49.0 Å². The quantitative estimate of drug-likeness (QED) is 0.0343. The molecule has 0 saturated heterocycles. The van der Waals surface area contributed by atoms with Gasteiger partial charge in [-0.3, -0.25) is 23.7 Å². The van der Waals surface area contributed by atoms with Crippen molar-refractivity contribution in [2.75, 3.05) is 25.0 Å². The number of Topliss-reactive ketones (excluding diaryl/α,β-unsaturated/α-hetero) is 2. The zero-order valence-corrected chi connectivity index (χ0v) is 40.5. The van der Waals surface area contributed by atoms with E-state index in [9.17, 15) is 46.6 Å². The van der Waals surface area contributed by atoms with E-state index >= 15 is 0 Å². The second-order valence-electron chi connectivity index (χ2n) is 18.1. The van der Waals surface area contributed by atoms with Crippen molar-refractivity contribution in [3.8, 4) is 0 Å². The molecule has 0 aromatic heterocycles. The SMILES string of the molecule is CC(C)C[C@H](C(=O)N[C@@H](CCCNC(N)=O)C(=O)CCCP(=O)(O)C(C)C)C(C)C.CC(C)C[C@H](C(=O)N[C@@H](CCCNC(N)=O)C(=O)CCCS(=O)(=O)C(C)C)C(C)C. The summed E-state index contributed by atoms with van der Waals surface area (Å²) in [6.45, 7) is 23.4. The molecule has 1 unspecified atom stereocenters. The van der Waals surface area contributed by atoms with E-state index in [4.69, 9.17) is 11.5 Å². The number of nitrogens with one attached hydrogen (secondary N) is 4. The lowest BCUT2D eigenvalue weighted by Crippen LogP contribution is -2.45. The van der Waals surface area contributed by atoms with E-state index in [1.807, 2.05) is 27.7 Å². The summed E-state index contributed by atoms with van der Waals surface area (Å²) in [5, 5.41) is 10.2. The van der Waals surface area contributed by atoms with Crippen LogP contribution in [0.3, 0.4) is 0 Å². The first-order valence-corrected chi connectivity index (χ1v) is 25.4. The van der Waals surface area contributed by atoms with Crippen LogP contribution >= 0.6 is 7.37 Å². The van der Waals surface area contributed by atoms with E-state index < -0.39 is 46.6 Å². The lowest BCUT2D eigenvalue weighted by molar-refractivity contribution is -0.131. The van der Waals surface area contributed by atoms with Gasteiger partial charge in [0.05, 0.1) is 23.1 Å². The molecule has 0 bridgehead atoms. The number of sulfone groups is 1. The number of primary amides is 2. The first kappa shape index (κ1) is 59.1. The molecule has 6 amide bonds. The average Bonchev–Trinajstić information content (AvgIpc) is 3.11. The van der Waals surface area contributed by atoms with Crippen molar-refractivity contribution in [2.45, 2.75) is 170 Å². The van der Waals surface area contributed by atoms with Gasteiger partial charge >= 0.3 is 12.1 Å².